The molecule has 0 aliphatic rings. The fourth-order valence-electron chi connectivity index (χ4n) is 1.77. The molecule has 2 aromatic carbocycles. The van der Waals surface area contributed by atoms with E-state index in [4.69, 9.17) is 38.4 Å². The second-order valence-electron chi connectivity index (χ2n) is 4.17. The molecular formula is C14H13Cl2FN2O2. The smallest absolute Gasteiger partial charge is 0.144 e. The minimum absolute atomic E-state index is 0.0356. The van der Waals surface area contributed by atoms with E-state index in [1.807, 2.05) is 0 Å². The van der Waals surface area contributed by atoms with Crippen molar-refractivity contribution in [3.8, 4) is 11.5 Å². The van der Waals surface area contributed by atoms with Gasteiger partial charge in [0.25, 0.3) is 0 Å². The van der Waals surface area contributed by atoms with E-state index in [0.29, 0.717) is 27.9 Å². The molecule has 2 aromatic rings. The Bertz CT molecular complexity index is 681. The number of methoxy groups -OCH3 is 2. The Kier molecular flexibility index (Phi) is 4.65. The van der Waals surface area contributed by atoms with Crippen molar-refractivity contribution in [2.75, 3.05) is 25.3 Å². The molecule has 0 fully saturated rings. The third kappa shape index (κ3) is 3.25. The number of nitrogens with two attached hydrogens (primary N) is 1. The second kappa shape index (κ2) is 6.28. The van der Waals surface area contributed by atoms with E-state index in [1.165, 1.54) is 20.3 Å². The van der Waals surface area contributed by atoms with E-state index in [-0.39, 0.29) is 10.7 Å². The van der Waals surface area contributed by atoms with Crippen molar-refractivity contribution in [3.63, 3.8) is 0 Å². The maximum absolute atomic E-state index is 13.3. The maximum atomic E-state index is 13.3. The zero-order valence-electron chi connectivity index (χ0n) is 11.3. The van der Waals surface area contributed by atoms with Gasteiger partial charge in [-0.2, -0.15) is 0 Å². The second-order valence-corrected chi connectivity index (χ2v) is 4.98. The summed E-state index contributed by atoms with van der Waals surface area (Å²) in [5.74, 6) is 0.368. The summed E-state index contributed by atoms with van der Waals surface area (Å²) in [5.41, 5.74) is 7.00. The molecule has 0 unspecified atom stereocenters. The number of nitrogen functional groups attached to an aromatic ring is 1. The van der Waals surface area contributed by atoms with Gasteiger partial charge in [0, 0.05) is 18.2 Å². The van der Waals surface area contributed by atoms with Crippen molar-refractivity contribution in [2.45, 2.75) is 0 Å². The van der Waals surface area contributed by atoms with Crippen LogP contribution in [0.1, 0.15) is 0 Å². The van der Waals surface area contributed by atoms with Gasteiger partial charge in [0.2, 0.25) is 0 Å². The Balaban J connectivity index is 2.45. The first-order valence-electron chi connectivity index (χ1n) is 5.89. The van der Waals surface area contributed by atoms with Gasteiger partial charge in [-0.25, -0.2) is 4.39 Å². The predicted octanol–water partition coefficient (Wildman–Crippen LogP) is 4.48. The average molecular weight is 331 g/mol. The van der Waals surface area contributed by atoms with Crippen LogP contribution in [0, 0.1) is 5.82 Å². The van der Waals surface area contributed by atoms with Crippen LogP contribution in [0.15, 0.2) is 24.3 Å². The quantitative estimate of drug-likeness (QED) is 0.812. The molecule has 3 N–H and O–H groups in total. The van der Waals surface area contributed by atoms with Crippen molar-refractivity contribution in [3.05, 3.63) is 40.1 Å². The predicted molar refractivity (Wildman–Crippen MR) is 83.7 cm³/mol. The summed E-state index contributed by atoms with van der Waals surface area (Å²) in [4.78, 5) is 0. The molecule has 0 aromatic heterocycles. The summed E-state index contributed by atoms with van der Waals surface area (Å²) in [6.45, 7) is 0. The van der Waals surface area contributed by atoms with Crippen LogP contribution in [-0.2, 0) is 0 Å². The number of ether oxygens (including phenoxy) is 2. The molecule has 2 rings (SSSR count). The first-order valence-corrected chi connectivity index (χ1v) is 6.65. The third-order valence-corrected chi connectivity index (χ3v) is 3.42. The van der Waals surface area contributed by atoms with Gasteiger partial charge in [0.05, 0.1) is 41.3 Å². The van der Waals surface area contributed by atoms with Crippen molar-refractivity contribution in [2.24, 2.45) is 0 Å². The first-order chi connectivity index (χ1) is 9.96. The van der Waals surface area contributed by atoms with Gasteiger partial charge >= 0.3 is 0 Å². The highest BCUT2D eigenvalue weighted by Crippen LogP contribution is 2.39. The number of hydrogen-bond donors (Lipinski definition) is 2. The van der Waals surface area contributed by atoms with E-state index >= 15 is 0 Å². The van der Waals surface area contributed by atoms with Crippen molar-refractivity contribution < 1.29 is 13.9 Å². The zero-order valence-corrected chi connectivity index (χ0v) is 12.8. The van der Waals surface area contributed by atoms with Gasteiger partial charge in [-0.3, -0.25) is 0 Å². The summed E-state index contributed by atoms with van der Waals surface area (Å²) in [7, 11) is 3.00. The number of rotatable bonds is 4. The fraction of sp³-hybridized carbons (Fsp3) is 0.143. The number of hydrogen-bond acceptors (Lipinski definition) is 4. The highest BCUT2D eigenvalue weighted by atomic mass is 35.5. The molecule has 112 valence electrons. The highest BCUT2D eigenvalue weighted by Gasteiger charge is 2.13. The molecule has 7 heteroatoms. The summed E-state index contributed by atoms with van der Waals surface area (Å²) in [6.07, 6.45) is 0. The van der Waals surface area contributed by atoms with Crippen molar-refractivity contribution in [1.29, 1.82) is 0 Å². The number of anilines is 3. The van der Waals surface area contributed by atoms with Gasteiger partial charge < -0.3 is 20.5 Å². The van der Waals surface area contributed by atoms with Crippen LogP contribution in [-0.4, -0.2) is 14.2 Å². The largest absolute Gasteiger partial charge is 0.495 e. The fourth-order valence-corrected chi connectivity index (χ4v) is 2.17. The number of nitrogens with one attached hydrogen (secondary N) is 1. The Labute approximate surface area is 131 Å². The Morgan fingerprint density at radius 2 is 1.62 bits per heavy atom. The van der Waals surface area contributed by atoms with E-state index < -0.39 is 5.82 Å². The molecule has 0 amide bonds. The van der Waals surface area contributed by atoms with E-state index in [1.54, 1.807) is 12.1 Å². The number of benzene rings is 2. The first kappa shape index (κ1) is 15.5. The van der Waals surface area contributed by atoms with Crippen LogP contribution >= 0.6 is 23.2 Å². The lowest BCUT2D eigenvalue weighted by Gasteiger charge is -2.15. The normalized spacial score (nSPS) is 10.3. The van der Waals surface area contributed by atoms with Crippen molar-refractivity contribution in [1.82, 2.24) is 0 Å². The molecule has 0 heterocycles. The van der Waals surface area contributed by atoms with Crippen LogP contribution in [0.4, 0.5) is 21.5 Å². The molecule has 0 saturated carbocycles. The molecule has 0 radical (unpaired) electrons. The van der Waals surface area contributed by atoms with E-state index in [2.05, 4.69) is 5.32 Å². The molecular weight excluding hydrogens is 318 g/mol. The lowest BCUT2D eigenvalue weighted by Crippen LogP contribution is -2.00. The molecule has 0 spiro atoms. The monoisotopic (exact) mass is 330 g/mol. The Hall–Kier alpha value is -1.85. The number of halogens is 3. The average Bonchev–Trinajstić information content (AvgIpc) is 2.45. The Morgan fingerprint density at radius 1 is 0.952 bits per heavy atom. The SMILES string of the molecule is COc1cc(Nc2cc(Cl)c(F)cc2N)c(OC)cc1Cl. The van der Waals surface area contributed by atoms with Crippen LogP contribution in [0.3, 0.4) is 0 Å². The van der Waals surface area contributed by atoms with E-state index in [0.717, 1.165) is 6.07 Å². The van der Waals surface area contributed by atoms with Gasteiger partial charge in [0.1, 0.15) is 17.3 Å². The van der Waals surface area contributed by atoms with Crippen LogP contribution < -0.4 is 20.5 Å². The summed E-state index contributed by atoms with van der Waals surface area (Å²) in [6, 6.07) is 5.79. The Morgan fingerprint density at radius 3 is 2.24 bits per heavy atom. The summed E-state index contributed by atoms with van der Waals surface area (Å²) >= 11 is 11.8. The topological polar surface area (TPSA) is 56.5 Å². The summed E-state index contributed by atoms with van der Waals surface area (Å²) < 4.78 is 23.7. The highest BCUT2D eigenvalue weighted by molar-refractivity contribution is 6.32. The van der Waals surface area contributed by atoms with Crippen LogP contribution in [0.25, 0.3) is 0 Å². The molecule has 0 saturated heterocycles. The summed E-state index contributed by atoms with van der Waals surface area (Å²) in [5, 5.41) is 3.39. The molecule has 0 atom stereocenters. The van der Waals surface area contributed by atoms with Gasteiger partial charge in [-0.15, -0.1) is 0 Å². The van der Waals surface area contributed by atoms with Crippen molar-refractivity contribution >= 4 is 40.3 Å². The standard InChI is InChI=1S/C14H13Cl2FN2O2/c1-20-13-6-12(14(21-2)4-8(13)16)19-11-3-7(15)9(17)5-10(11)18/h3-6,19H,18H2,1-2H3. The lowest BCUT2D eigenvalue weighted by atomic mass is 10.2. The van der Waals surface area contributed by atoms with Gasteiger partial charge in [0.15, 0.2) is 0 Å². The van der Waals surface area contributed by atoms with Crippen LogP contribution in [0.5, 0.6) is 11.5 Å². The van der Waals surface area contributed by atoms with Gasteiger partial charge in [-0.05, 0) is 6.07 Å². The minimum atomic E-state index is -0.583. The molecule has 0 aliphatic heterocycles. The lowest BCUT2D eigenvalue weighted by molar-refractivity contribution is 0.405. The minimum Gasteiger partial charge on any atom is -0.495 e. The molecule has 4 nitrogen and oxygen atoms in total. The molecule has 21 heavy (non-hydrogen) atoms. The van der Waals surface area contributed by atoms with Gasteiger partial charge in [-0.1, -0.05) is 23.2 Å². The zero-order chi connectivity index (χ0) is 15.6. The third-order valence-electron chi connectivity index (χ3n) is 2.84. The van der Waals surface area contributed by atoms with Crippen LogP contribution in [0.2, 0.25) is 10.0 Å². The molecule has 0 aliphatic carbocycles. The maximum Gasteiger partial charge on any atom is 0.144 e. The molecule has 0 bridgehead atoms. The van der Waals surface area contributed by atoms with E-state index in [9.17, 15) is 4.39 Å².